The highest BCUT2D eigenvalue weighted by Crippen LogP contribution is 2.17. The smallest absolute Gasteiger partial charge is 0.224 e. The van der Waals surface area contributed by atoms with Crippen LogP contribution >= 0.6 is 0 Å². The first kappa shape index (κ1) is 24.4. The molecule has 0 saturated carbocycles. The highest BCUT2D eigenvalue weighted by atomic mass is 16.5. The lowest BCUT2D eigenvalue weighted by molar-refractivity contribution is -0.136. The normalized spacial score (nSPS) is 15.3. The number of ether oxygens (including phenoxy) is 2. The lowest BCUT2D eigenvalue weighted by Crippen LogP contribution is -2.43. The zero-order chi connectivity index (χ0) is 23.3. The number of nitriles is 1. The molecule has 1 heterocycles. The molecule has 174 valence electrons. The first-order chi connectivity index (χ1) is 16.2. The zero-order valence-corrected chi connectivity index (χ0v) is 18.8. The maximum Gasteiger partial charge on any atom is 0.224 e. The molecule has 2 unspecified atom stereocenters. The molecule has 7 heteroatoms. The Morgan fingerprint density at radius 2 is 1.67 bits per heavy atom. The average Bonchev–Trinajstić information content (AvgIpc) is 2.87. The van der Waals surface area contributed by atoms with Gasteiger partial charge in [-0.1, -0.05) is 60.7 Å². The van der Waals surface area contributed by atoms with Gasteiger partial charge in [-0.15, -0.1) is 0 Å². The van der Waals surface area contributed by atoms with Gasteiger partial charge in [-0.3, -0.25) is 9.59 Å². The third kappa shape index (κ3) is 8.33. The van der Waals surface area contributed by atoms with Crippen molar-refractivity contribution in [3.05, 3.63) is 71.8 Å². The molecule has 1 aliphatic heterocycles. The van der Waals surface area contributed by atoms with E-state index in [1.165, 1.54) is 0 Å². The fraction of sp³-hybridized carbons (Fsp3) is 0.423. The second kappa shape index (κ2) is 13.4. The summed E-state index contributed by atoms with van der Waals surface area (Å²) in [4.78, 5) is 27.5. The number of amides is 2. The molecule has 2 amide bonds. The predicted octanol–water partition coefficient (Wildman–Crippen LogP) is 2.71. The van der Waals surface area contributed by atoms with Crippen LogP contribution in [-0.4, -0.2) is 55.7 Å². The Labute approximate surface area is 195 Å². The maximum absolute atomic E-state index is 13.1. The van der Waals surface area contributed by atoms with Crippen molar-refractivity contribution in [2.24, 2.45) is 5.92 Å². The van der Waals surface area contributed by atoms with Gasteiger partial charge in [-0.2, -0.15) is 5.26 Å². The maximum atomic E-state index is 13.1. The minimum atomic E-state index is -0.755. The molecule has 0 aliphatic carbocycles. The molecular formula is C26H31N3O4. The van der Waals surface area contributed by atoms with E-state index in [0.29, 0.717) is 45.8 Å². The number of carbonyl (C=O) groups is 2. The molecule has 2 aromatic carbocycles. The number of carbonyl (C=O) groups excluding carboxylic acids is 2. The topological polar surface area (TPSA) is 91.7 Å². The molecule has 0 spiro atoms. The molecule has 3 rings (SSSR count). The summed E-state index contributed by atoms with van der Waals surface area (Å²) in [5, 5.41) is 12.3. The molecule has 7 nitrogen and oxygen atoms in total. The average molecular weight is 450 g/mol. The van der Waals surface area contributed by atoms with Gasteiger partial charge in [0.15, 0.2) is 0 Å². The number of morpholine rings is 1. The van der Waals surface area contributed by atoms with Crippen molar-refractivity contribution in [3.63, 3.8) is 0 Å². The summed E-state index contributed by atoms with van der Waals surface area (Å²) < 4.78 is 10.9. The van der Waals surface area contributed by atoms with Crippen LogP contribution < -0.4 is 5.32 Å². The van der Waals surface area contributed by atoms with Gasteiger partial charge in [0.1, 0.15) is 6.04 Å². The Kier molecular flexibility index (Phi) is 9.89. The van der Waals surface area contributed by atoms with Gasteiger partial charge < -0.3 is 19.7 Å². The van der Waals surface area contributed by atoms with Gasteiger partial charge in [0.25, 0.3) is 0 Å². The van der Waals surface area contributed by atoms with E-state index < -0.39 is 12.0 Å². The van der Waals surface area contributed by atoms with Gasteiger partial charge in [-0.05, 0) is 24.0 Å². The van der Waals surface area contributed by atoms with Crippen molar-refractivity contribution in [2.75, 3.05) is 32.9 Å². The molecule has 0 bridgehead atoms. The van der Waals surface area contributed by atoms with Crippen LogP contribution in [0.2, 0.25) is 0 Å². The first-order valence-electron chi connectivity index (χ1n) is 11.4. The Morgan fingerprint density at radius 1 is 1.03 bits per heavy atom. The summed E-state index contributed by atoms with van der Waals surface area (Å²) in [7, 11) is 0. The fourth-order valence-corrected chi connectivity index (χ4v) is 3.76. The number of nitrogens with one attached hydrogen (secondary N) is 1. The summed E-state index contributed by atoms with van der Waals surface area (Å²) in [5.41, 5.74) is 2.02. The Balaban J connectivity index is 1.55. The molecule has 1 saturated heterocycles. The Morgan fingerprint density at radius 3 is 2.30 bits per heavy atom. The van der Waals surface area contributed by atoms with E-state index >= 15 is 0 Å². The molecule has 0 aromatic heterocycles. The van der Waals surface area contributed by atoms with Gasteiger partial charge in [0, 0.05) is 25.4 Å². The summed E-state index contributed by atoms with van der Waals surface area (Å²) in [6.45, 7) is 2.74. The monoisotopic (exact) mass is 449 g/mol. The van der Waals surface area contributed by atoms with E-state index in [4.69, 9.17) is 9.47 Å². The molecule has 33 heavy (non-hydrogen) atoms. The molecule has 0 radical (unpaired) electrons. The lowest BCUT2D eigenvalue weighted by Gasteiger charge is -2.27. The largest absolute Gasteiger partial charge is 0.378 e. The third-order valence-corrected chi connectivity index (χ3v) is 5.63. The molecular weight excluding hydrogens is 418 g/mol. The number of hydrogen-bond acceptors (Lipinski definition) is 5. The Hall–Kier alpha value is -3.21. The zero-order valence-electron chi connectivity index (χ0n) is 18.8. The van der Waals surface area contributed by atoms with Crippen LogP contribution in [0.25, 0.3) is 0 Å². The van der Waals surface area contributed by atoms with Crippen LogP contribution in [0, 0.1) is 17.2 Å². The minimum Gasteiger partial charge on any atom is -0.378 e. The van der Waals surface area contributed by atoms with E-state index in [9.17, 15) is 14.9 Å². The van der Waals surface area contributed by atoms with Gasteiger partial charge >= 0.3 is 0 Å². The highest BCUT2D eigenvalue weighted by molar-refractivity contribution is 5.81. The van der Waals surface area contributed by atoms with Crippen molar-refractivity contribution in [1.82, 2.24) is 10.2 Å². The predicted molar refractivity (Wildman–Crippen MR) is 124 cm³/mol. The van der Waals surface area contributed by atoms with Crippen molar-refractivity contribution >= 4 is 11.8 Å². The SMILES string of the molecule is N#CC(COCc1ccccc1)NC(=O)C(CCC(=O)N1CCOCC1)Cc1ccccc1. The summed E-state index contributed by atoms with van der Waals surface area (Å²) in [5.74, 6) is -0.613. The molecule has 2 atom stereocenters. The van der Waals surface area contributed by atoms with Crippen LogP contribution in [0.3, 0.4) is 0 Å². The van der Waals surface area contributed by atoms with E-state index in [-0.39, 0.29) is 24.8 Å². The third-order valence-electron chi connectivity index (χ3n) is 5.63. The van der Waals surface area contributed by atoms with Crippen LogP contribution in [0.5, 0.6) is 0 Å². The standard InChI is InChI=1S/C26H31N3O4/c27-18-24(20-33-19-22-9-5-2-6-10-22)28-26(31)23(17-21-7-3-1-4-8-21)11-12-25(30)29-13-15-32-16-14-29/h1-10,23-24H,11-17,19-20H2,(H,28,31). The van der Waals surface area contributed by atoms with E-state index in [2.05, 4.69) is 11.4 Å². The number of nitrogens with zero attached hydrogens (tertiary/aromatic N) is 2. The summed E-state index contributed by atoms with van der Waals surface area (Å²) in [6, 6.07) is 20.7. The molecule has 1 N–H and O–H groups in total. The van der Waals surface area contributed by atoms with Crippen LogP contribution in [0.15, 0.2) is 60.7 Å². The lowest BCUT2D eigenvalue weighted by atomic mass is 9.93. The number of benzene rings is 2. The number of rotatable bonds is 11. The van der Waals surface area contributed by atoms with Crippen LogP contribution in [-0.2, 0) is 32.1 Å². The molecule has 1 aliphatic rings. The highest BCUT2D eigenvalue weighted by Gasteiger charge is 2.25. The van der Waals surface area contributed by atoms with Crippen LogP contribution in [0.1, 0.15) is 24.0 Å². The Bertz CT molecular complexity index is 908. The van der Waals surface area contributed by atoms with Crippen molar-refractivity contribution in [1.29, 1.82) is 5.26 Å². The summed E-state index contributed by atoms with van der Waals surface area (Å²) in [6.07, 6.45) is 1.21. The van der Waals surface area contributed by atoms with Gasteiger partial charge in [-0.25, -0.2) is 0 Å². The fourth-order valence-electron chi connectivity index (χ4n) is 3.76. The molecule has 1 fully saturated rings. The second-order valence-electron chi connectivity index (χ2n) is 8.11. The first-order valence-corrected chi connectivity index (χ1v) is 11.4. The quantitative estimate of drug-likeness (QED) is 0.570. The van der Waals surface area contributed by atoms with E-state index in [0.717, 1.165) is 11.1 Å². The van der Waals surface area contributed by atoms with E-state index in [1.807, 2.05) is 60.7 Å². The summed E-state index contributed by atoms with van der Waals surface area (Å²) >= 11 is 0. The van der Waals surface area contributed by atoms with Crippen molar-refractivity contribution < 1.29 is 19.1 Å². The van der Waals surface area contributed by atoms with Gasteiger partial charge in [0.05, 0.1) is 32.5 Å². The second-order valence-corrected chi connectivity index (χ2v) is 8.11. The van der Waals surface area contributed by atoms with Gasteiger partial charge in [0.2, 0.25) is 11.8 Å². The van der Waals surface area contributed by atoms with Crippen molar-refractivity contribution in [2.45, 2.75) is 31.9 Å². The minimum absolute atomic E-state index is 0.0344. The van der Waals surface area contributed by atoms with Crippen molar-refractivity contribution in [3.8, 4) is 6.07 Å². The molecule has 2 aromatic rings. The van der Waals surface area contributed by atoms with E-state index in [1.54, 1.807) is 4.90 Å². The number of hydrogen-bond donors (Lipinski definition) is 1. The van der Waals surface area contributed by atoms with Crippen LogP contribution in [0.4, 0.5) is 0 Å².